The normalized spacial score (nSPS) is 10.5. The number of pyridine rings is 2. The van der Waals surface area contributed by atoms with Crippen LogP contribution in [-0.4, -0.2) is 21.0 Å². The number of aryl methyl sites for hydroxylation is 2. The van der Waals surface area contributed by atoms with Gasteiger partial charge < -0.3 is 5.11 Å². The first kappa shape index (κ1) is 13.5. The average Bonchev–Trinajstić information content (AvgIpc) is 2.30. The monoisotopic (exact) mass is 278 g/mol. The molecule has 0 saturated carbocycles. The van der Waals surface area contributed by atoms with Gasteiger partial charge in [-0.25, -0.2) is 19.2 Å². The van der Waals surface area contributed by atoms with E-state index in [1.165, 1.54) is 6.20 Å². The maximum atomic E-state index is 13.9. The second-order valence-corrected chi connectivity index (χ2v) is 5.02. The Kier molecular flexibility index (Phi) is 3.80. The van der Waals surface area contributed by atoms with Gasteiger partial charge in [-0.3, -0.25) is 0 Å². The Morgan fingerprint density at radius 1 is 1.37 bits per heavy atom. The summed E-state index contributed by atoms with van der Waals surface area (Å²) in [6, 6.07) is 4.84. The van der Waals surface area contributed by atoms with E-state index in [1.54, 1.807) is 6.07 Å². The van der Waals surface area contributed by atoms with Crippen LogP contribution in [0.5, 0.6) is 0 Å². The summed E-state index contributed by atoms with van der Waals surface area (Å²) in [6.07, 6.45) is 1.28. The Balaban J connectivity index is 2.38. The molecule has 0 fully saturated rings. The highest BCUT2D eigenvalue weighted by Gasteiger charge is 2.16. The topological polar surface area (TPSA) is 63.1 Å². The van der Waals surface area contributed by atoms with Gasteiger partial charge in [0.05, 0.1) is 5.56 Å². The standard InChI is InChI=1S/C13H11FN2O2S/c1-7-5-8(2)16-10(6-7)19-12-11(14)9(13(17)18)3-4-15-12/h3-6H,1-2H3,(H,17,18). The van der Waals surface area contributed by atoms with Gasteiger partial charge in [0.2, 0.25) is 0 Å². The minimum Gasteiger partial charge on any atom is -0.478 e. The number of carboxylic acid groups (broad SMARTS) is 1. The van der Waals surface area contributed by atoms with Crippen LogP contribution in [0.15, 0.2) is 34.4 Å². The molecule has 2 aromatic heterocycles. The third kappa shape index (κ3) is 3.08. The number of rotatable bonds is 3. The molecule has 0 amide bonds. The number of nitrogens with zero attached hydrogens (tertiary/aromatic N) is 2. The van der Waals surface area contributed by atoms with Crippen molar-refractivity contribution in [3.63, 3.8) is 0 Å². The van der Waals surface area contributed by atoms with Gasteiger partial charge >= 0.3 is 5.97 Å². The average molecular weight is 278 g/mol. The zero-order valence-electron chi connectivity index (χ0n) is 10.3. The summed E-state index contributed by atoms with van der Waals surface area (Å²) >= 11 is 1.01. The molecule has 0 aliphatic heterocycles. The third-order valence-corrected chi connectivity index (χ3v) is 3.26. The van der Waals surface area contributed by atoms with E-state index in [-0.39, 0.29) is 10.6 Å². The maximum absolute atomic E-state index is 13.9. The Labute approximate surface area is 113 Å². The summed E-state index contributed by atoms with van der Waals surface area (Å²) in [5, 5.41) is 9.45. The molecule has 0 bridgehead atoms. The molecule has 0 aliphatic carbocycles. The molecule has 2 aromatic rings. The summed E-state index contributed by atoms with van der Waals surface area (Å²) in [5.74, 6) is -2.14. The van der Waals surface area contributed by atoms with Crippen LogP contribution in [0.4, 0.5) is 4.39 Å². The van der Waals surface area contributed by atoms with E-state index in [1.807, 2.05) is 19.9 Å². The molecule has 0 atom stereocenters. The quantitative estimate of drug-likeness (QED) is 0.934. The zero-order valence-corrected chi connectivity index (χ0v) is 11.2. The van der Waals surface area contributed by atoms with Crippen molar-refractivity contribution in [2.75, 3.05) is 0 Å². The van der Waals surface area contributed by atoms with E-state index in [0.29, 0.717) is 5.03 Å². The second kappa shape index (κ2) is 5.36. The second-order valence-electron chi connectivity index (χ2n) is 4.01. The Bertz CT molecular complexity index is 626. The predicted molar refractivity (Wildman–Crippen MR) is 69.0 cm³/mol. The third-order valence-electron chi connectivity index (χ3n) is 2.36. The summed E-state index contributed by atoms with van der Waals surface area (Å²) in [7, 11) is 0. The number of aromatic nitrogens is 2. The summed E-state index contributed by atoms with van der Waals surface area (Å²) in [5.41, 5.74) is 1.43. The van der Waals surface area contributed by atoms with Crippen LogP contribution in [-0.2, 0) is 0 Å². The van der Waals surface area contributed by atoms with E-state index in [4.69, 9.17) is 5.11 Å². The highest BCUT2D eigenvalue weighted by Crippen LogP contribution is 2.28. The highest BCUT2D eigenvalue weighted by atomic mass is 32.2. The molecule has 1 N–H and O–H groups in total. The molecule has 6 heteroatoms. The lowest BCUT2D eigenvalue weighted by Gasteiger charge is -2.05. The van der Waals surface area contributed by atoms with Crippen molar-refractivity contribution < 1.29 is 14.3 Å². The lowest BCUT2D eigenvalue weighted by Crippen LogP contribution is -2.03. The van der Waals surface area contributed by atoms with Crippen molar-refractivity contribution in [1.29, 1.82) is 0 Å². The Hall–Kier alpha value is -1.95. The van der Waals surface area contributed by atoms with Crippen molar-refractivity contribution >= 4 is 17.7 Å². The van der Waals surface area contributed by atoms with Gasteiger partial charge in [0, 0.05) is 11.9 Å². The zero-order chi connectivity index (χ0) is 14.0. The van der Waals surface area contributed by atoms with Crippen molar-refractivity contribution in [3.8, 4) is 0 Å². The van der Waals surface area contributed by atoms with Gasteiger partial charge in [0.15, 0.2) is 5.82 Å². The summed E-state index contributed by atoms with van der Waals surface area (Å²) in [6.45, 7) is 3.75. The molecule has 0 unspecified atom stereocenters. The fourth-order valence-electron chi connectivity index (χ4n) is 1.62. The smallest absolute Gasteiger partial charge is 0.338 e. The number of hydrogen-bond acceptors (Lipinski definition) is 4. The van der Waals surface area contributed by atoms with Crippen molar-refractivity contribution in [3.05, 3.63) is 47.0 Å². The van der Waals surface area contributed by atoms with E-state index in [9.17, 15) is 9.18 Å². The van der Waals surface area contributed by atoms with Gasteiger partial charge in [0.1, 0.15) is 10.1 Å². The molecule has 0 aliphatic rings. The van der Waals surface area contributed by atoms with Crippen LogP contribution in [0, 0.1) is 19.7 Å². The van der Waals surface area contributed by atoms with E-state index in [0.717, 1.165) is 29.1 Å². The fourth-order valence-corrected chi connectivity index (χ4v) is 2.56. The van der Waals surface area contributed by atoms with Gasteiger partial charge in [0.25, 0.3) is 0 Å². The van der Waals surface area contributed by atoms with Gasteiger partial charge in [-0.15, -0.1) is 0 Å². The molecular formula is C13H11FN2O2S. The number of aromatic carboxylic acids is 1. The van der Waals surface area contributed by atoms with Crippen LogP contribution in [0.25, 0.3) is 0 Å². The summed E-state index contributed by atoms with van der Waals surface area (Å²) < 4.78 is 13.9. The predicted octanol–water partition coefficient (Wildman–Crippen LogP) is 3.08. The number of carbonyl (C=O) groups is 1. The molecule has 4 nitrogen and oxygen atoms in total. The lowest BCUT2D eigenvalue weighted by atomic mass is 10.2. The molecule has 2 heterocycles. The largest absolute Gasteiger partial charge is 0.478 e. The first-order chi connectivity index (χ1) is 8.97. The van der Waals surface area contributed by atoms with Crippen molar-refractivity contribution in [2.24, 2.45) is 0 Å². The molecule has 98 valence electrons. The van der Waals surface area contributed by atoms with E-state index in [2.05, 4.69) is 9.97 Å². The van der Waals surface area contributed by atoms with Gasteiger partial charge in [-0.1, -0.05) is 0 Å². The molecular weight excluding hydrogens is 267 g/mol. The minimum atomic E-state index is -1.31. The van der Waals surface area contributed by atoms with Crippen LogP contribution in [0.2, 0.25) is 0 Å². The van der Waals surface area contributed by atoms with Crippen LogP contribution in [0.1, 0.15) is 21.6 Å². The lowest BCUT2D eigenvalue weighted by molar-refractivity contribution is 0.0691. The SMILES string of the molecule is Cc1cc(C)nc(Sc2nccc(C(=O)O)c2F)c1. The Morgan fingerprint density at radius 3 is 2.74 bits per heavy atom. The van der Waals surface area contributed by atoms with Crippen LogP contribution >= 0.6 is 11.8 Å². The first-order valence-corrected chi connectivity index (χ1v) is 6.30. The minimum absolute atomic E-state index is 0.0115. The van der Waals surface area contributed by atoms with E-state index >= 15 is 0 Å². The van der Waals surface area contributed by atoms with E-state index < -0.39 is 11.8 Å². The maximum Gasteiger partial charge on any atom is 0.338 e. The molecule has 0 radical (unpaired) electrons. The van der Waals surface area contributed by atoms with Gasteiger partial charge in [-0.2, -0.15) is 0 Å². The fraction of sp³-hybridized carbons (Fsp3) is 0.154. The molecule has 19 heavy (non-hydrogen) atoms. The molecule has 0 aromatic carbocycles. The molecule has 0 saturated heterocycles. The van der Waals surface area contributed by atoms with Crippen LogP contribution < -0.4 is 0 Å². The van der Waals surface area contributed by atoms with Crippen molar-refractivity contribution in [2.45, 2.75) is 23.9 Å². The summed E-state index contributed by atoms with van der Waals surface area (Å²) in [4.78, 5) is 19.0. The molecule has 0 spiro atoms. The first-order valence-electron chi connectivity index (χ1n) is 5.48. The number of hydrogen-bond donors (Lipinski definition) is 1. The highest BCUT2D eigenvalue weighted by molar-refractivity contribution is 7.99. The van der Waals surface area contributed by atoms with Crippen molar-refractivity contribution in [1.82, 2.24) is 9.97 Å². The number of carboxylic acids is 1. The van der Waals surface area contributed by atoms with Gasteiger partial charge in [-0.05, 0) is 49.4 Å². The Morgan fingerprint density at radius 2 is 2.11 bits per heavy atom. The number of halogens is 1. The molecule has 2 rings (SSSR count). The van der Waals surface area contributed by atoms with Crippen LogP contribution in [0.3, 0.4) is 0 Å².